The van der Waals surface area contributed by atoms with E-state index in [-0.39, 0.29) is 5.91 Å². The van der Waals surface area contributed by atoms with Crippen LogP contribution in [0.2, 0.25) is 0 Å². The first-order valence-corrected chi connectivity index (χ1v) is 8.09. The number of nitrogens with zero attached hydrogens (tertiary/aromatic N) is 1. The van der Waals surface area contributed by atoms with Gasteiger partial charge < -0.3 is 4.90 Å². The molecule has 0 radical (unpaired) electrons. The number of hydrogen-bond donors (Lipinski definition) is 0. The summed E-state index contributed by atoms with van der Waals surface area (Å²) in [7, 11) is 0. The third kappa shape index (κ3) is 3.94. The summed E-state index contributed by atoms with van der Waals surface area (Å²) in [6.45, 7) is 0.723. The van der Waals surface area contributed by atoms with Crippen LogP contribution < -0.4 is 0 Å². The largest absolute Gasteiger partial charge is 0.335 e. The molecule has 0 saturated heterocycles. The zero-order valence-electron chi connectivity index (χ0n) is 11.8. The first-order chi connectivity index (χ1) is 10.2. The summed E-state index contributed by atoms with van der Waals surface area (Å²) in [6.07, 6.45) is 2.76. The van der Waals surface area contributed by atoms with Crippen molar-refractivity contribution in [3.05, 3.63) is 70.2 Å². The molecule has 108 valence electrons. The van der Waals surface area contributed by atoms with Crippen LogP contribution in [0.15, 0.2) is 59.1 Å². The van der Waals surface area contributed by atoms with E-state index in [0.29, 0.717) is 12.5 Å². The molecule has 3 heteroatoms. The maximum absolute atomic E-state index is 12.6. The monoisotopic (exact) mass is 343 g/mol. The fraction of sp³-hybridized carbons (Fsp3) is 0.278. The van der Waals surface area contributed by atoms with Gasteiger partial charge in [-0.1, -0.05) is 58.4 Å². The number of amides is 1. The number of carbonyl (C=O) groups is 1. The van der Waals surface area contributed by atoms with Crippen LogP contribution in [-0.2, 0) is 17.8 Å². The summed E-state index contributed by atoms with van der Waals surface area (Å²) >= 11 is 3.42. The Morgan fingerprint density at radius 1 is 1.00 bits per heavy atom. The van der Waals surface area contributed by atoms with Gasteiger partial charge in [-0.05, 0) is 36.1 Å². The van der Waals surface area contributed by atoms with E-state index in [1.54, 1.807) is 0 Å². The predicted octanol–water partition coefficient (Wildman–Crippen LogP) is 4.18. The summed E-state index contributed by atoms with van der Waals surface area (Å²) in [6, 6.07) is 18.7. The zero-order valence-corrected chi connectivity index (χ0v) is 13.4. The second kappa shape index (κ2) is 6.44. The van der Waals surface area contributed by atoms with Crippen molar-refractivity contribution in [3.8, 4) is 0 Å². The number of hydrogen-bond acceptors (Lipinski definition) is 1. The molecular weight excluding hydrogens is 326 g/mol. The van der Waals surface area contributed by atoms with E-state index in [1.165, 1.54) is 5.56 Å². The first-order valence-electron chi connectivity index (χ1n) is 7.30. The van der Waals surface area contributed by atoms with Crippen molar-refractivity contribution in [2.24, 2.45) is 0 Å². The molecule has 0 aliphatic heterocycles. The molecule has 0 aromatic heterocycles. The molecule has 2 nitrogen and oxygen atoms in total. The molecule has 0 unspecified atom stereocenters. The molecule has 1 aliphatic carbocycles. The van der Waals surface area contributed by atoms with Gasteiger partial charge in [0.2, 0.25) is 5.91 Å². The minimum Gasteiger partial charge on any atom is -0.335 e. The minimum atomic E-state index is 0.226. The molecule has 21 heavy (non-hydrogen) atoms. The Labute approximate surface area is 133 Å². The Hall–Kier alpha value is -1.61. The topological polar surface area (TPSA) is 20.3 Å². The van der Waals surface area contributed by atoms with Crippen LogP contribution in [-0.4, -0.2) is 16.8 Å². The van der Waals surface area contributed by atoms with Gasteiger partial charge in [0, 0.05) is 17.1 Å². The summed E-state index contributed by atoms with van der Waals surface area (Å²) < 4.78 is 1.04. The van der Waals surface area contributed by atoms with Crippen molar-refractivity contribution in [2.45, 2.75) is 31.8 Å². The molecule has 2 aromatic rings. The van der Waals surface area contributed by atoms with Crippen LogP contribution >= 0.6 is 15.9 Å². The molecular formula is C18H18BrNO. The van der Waals surface area contributed by atoms with Gasteiger partial charge in [-0.25, -0.2) is 0 Å². The standard InChI is InChI=1S/C18H18BrNO/c19-16-8-6-14(7-9-16)12-18(21)20(17-10-11-17)13-15-4-2-1-3-5-15/h1-9,17H,10-13H2. The van der Waals surface area contributed by atoms with Crippen LogP contribution in [0.25, 0.3) is 0 Å². The van der Waals surface area contributed by atoms with Gasteiger partial charge >= 0.3 is 0 Å². The summed E-state index contributed by atoms with van der Waals surface area (Å²) in [5, 5.41) is 0. The lowest BCUT2D eigenvalue weighted by Crippen LogP contribution is -2.33. The highest BCUT2D eigenvalue weighted by molar-refractivity contribution is 9.10. The maximum Gasteiger partial charge on any atom is 0.227 e. The Morgan fingerprint density at radius 2 is 1.67 bits per heavy atom. The highest BCUT2D eigenvalue weighted by atomic mass is 79.9. The molecule has 1 amide bonds. The Balaban J connectivity index is 1.69. The lowest BCUT2D eigenvalue weighted by Gasteiger charge is -2.22. The van der Waals surface area contributed by atoms with Gasteiger partial charge in [0.1, 0.15) is 0 Å². The summed E-state index contributed by atoms with van der Waals surface area (Å²) in [4.78, 5) is 14.6. The SMILES string of the molecule is O=C(Cc1ccc(Br)cc1)N(Cc1ccccc1)C1CC1. The van der Waals surface area contributed by atoms with Crippen LogP contribution in [0.5, 0.6) is 0 Å². The van der Waals surface area contributed by atoms with E-state index in [2.05, 4.69) is 28.1 Å². The van der Waals surface area contributed by atoms with Crippen LogP contribution in [0.4, 0.5) is 0 Å². The average Bonchev–Trinajstić information content (AvgIpc) is 3.33. The van der Waals surface area contributed by atoms with Gasteiger partial charge in [-0.2, -0.15) is 0 Å². The third-order valence-electron chi connectivity index (χ3n) is 3.77. The molecule has 0 atom stereocenters. The fourth-order valence-electron chi connectivity index (χ4n) is 2.47. The van der Waals surface area contributed by atoms with E-state index in [0.717, 1.165) is 29.4 Å². The molecule has 0 N–H and O–H groups in total. The summed E-state index contributed by atoms with van der Waals surface area (Å²) in [5.41, 5.74) is 2.27. The molecule has 1 fully saturated rings. The van der Waals surface area contributed by atoms with Gasteiger partial charge in [-0.3, -0.25) is 4.79 Å². The number of carbonyl (C=O) groups excluding carboxylic acids is 1. The van der Waals surface area contributed by atoms with E-state index < -0.39 is 0 Å². The third-order valence-corrected chi connectivity index (χ3v) is 4.30. The Kier molecular flexibility index (Phi) is 4.39. The highest BCUT2D eigenvalue weighted by Crippen LogP contribution is 2.29. The van der Waals surface area contributed by atoms with E-state index in [9.17, 15) is 4.79 Å². The van der Waals surface area contributed by atoms with Crippen molar-refractivity contribution in [2.75, 3.05) is 0 Å². The first kappa shape index (κ1) is 14.3. The van der Waals surface area contributed by atoms with Crippen LogP contribution in [0.1, 0.15) is 24.0 Å². The van der Waals surface area contributed by atoms with Gasteiger partial charge in [0.05, 0.1) is 6.42 Å². The Morgan fingerprint density at radius 3 is 2.29 bits per heavy atom. The number of halogens is 1. The number of rotatable bonds is 5. The lowest BCUT2D eigenvalue weighted by molar-refractivity contribution is -0.131. The molecule has 0 heterocycles. The second-order valence-corrected chi connectivity index (χ2v) is 6.46. The normalized spacial score (nSPS) is 14.0. The van der Waals surface area contributed by atoms with Crippen molar-refractivity contribution in [1.82, 2.24) is 4.90 Å². The van der Waals surface area contributed by atoms with Gasteiger partial charge in [-0.15, -0.1) is 0 Å². The molecule has 1 saturated carbocycles. The smallest absolute Gasteiger partial charge is 0.227 e. The van der Waals surface area contributed by atoms with Crippen molar-refractivity contribution in [3.63, 3.8) is 0 Å². The van der Waals surface area contributed by atoms with Gasteiger partial charge in [0.15, 0.2) is 0 Å². The molecule has 0 spiro atoms. The molecule has 2 aromatic carbocycles. The fourth-order valence-corrected chi connectivity index (χ4v) is 2.73. The minimum absolute atomic E-state index is 0.226. The summed E-state index contributed by atoms with van der Waals surface area (Å²) in [5.74, 6) is 0.226. The van der Waals surface area contributed by atoms with Crippen LogP contribution in [0, 0.1) is 0 Å². The van der Waals surface area contributed by atoms with E-state index >= 15 is 0 Å². The number of benzene rings is 2. The Bertz CT molecular complexity index is 605. The van der Waals surface area contributed by atoms with Crippen molar-refractivity contribution >= 4 is 21.8 Å². The van der Waals surface area contributed by atoms with Crippen LogP contribution in [0.3, 0.4) is 0 Å². The highest BCUT2D eigenvalue weighted by Gasteiger charge is 2.32. The quantitative estimate of drug-likeness (QED) is 0.797. The zero-order chi connectivity index (χ0) is 14.7. The van der Waals surface area contributed by atoms with E-state index in [4.69, 9.17) is 0 Å². The van der Waals surface area contributed by atoms with Crippen molar-refractivity contribution < 1.29 is 4.79 Å². The average molecular weight is 344 g/mol. The lowest BCUT2D eigenvalue weighted by atomic mass is 10.1. The maximum atomic E-state index is 12.6. The molecule has 1 aliphatic rings. The predicted molar refractivity (Wildman–Crippen MR) is 87.9 cm³/mol. The molecule has 3 rings (SSSR count). The van der Waals surface area contributed by atoms with Crippen molar-refractivity contribution in [1.29, 1.82) is 0 Å². The van der Waals surface area contributed by atoms with E-state index in [1.807, 2.05) is 47.4 Å². The second-order valence-electron chi connectivity index (χ2n) is 5.54. The molecule has 0 bridgehead atoms. The van der Waals surface area contributed by atoms with Gasteiger partial charge in [0.25, 0.3) is 0 Å².